The van der Waals surface area contributed by atoms with E-state index in [-0.39, 0.29) is 5.82 Å². The van der Waals surface area contributed by atoms with Gasteiger partial charge in [0.2, 0.25) is 0 Å². The third kappa shape index (κ3) is 3.07. The summed E-state index contributed by atoms with van der Waals surface area (Å²) in [5, 5.41) is 0. The summed E-state index contributed by atoms with van der Waals surface area (Å²) in [7, 11) is 1.63. The second-order valence-corrected chi connectivity index (χ2v) is 4.68. The zero-order valence-corrected chi connectivity index (χ0v) is 11.0. The molecular formula is C14H12BrFO. The molecule has 2 aromatic rings. The molecule has 0 bridgehead atoms. The van der Waals surface area contributed by atoms with Crippen LogP contribution in [-0.4, -0.2) is 7.11 Å². The van der Waals surface area contributed by atoms with Crippen LogP contribution in [0.4, 0.5) is 4.39 Å². The second kappa shape index (κ2) is 5.32. The highest BCUT2D eigenvalue weighted by Crippen LogP contribution is 2.20. The van der Waals surface area contributed by atoms with Crippen molar-refractivity contribution in [3.05, 3.63) is 63.9 Å². The van der Waals surface area contributed by atoms with Crippen LogP contribution in [-0.2, 0) is 6.42 Å². The van der Waals surface area contributed by atoms with Gasteiger partial charge in [0.1, 0.15) is 11.6 Å². The molecule has 0 fully saturated rings. The van der Waals surface area contributed by atoms with Crippen LogP contribution >= 0.6 is 15.9 Å². The molecule has 17 heavy (non-hydrogen) atoms. The van der Waals surface area contributed by atoms with Crippen LogP contribution in [0.15, 0.2) is 46.9 Å². The molecule has 2 rings (SSSR count). The Morgan fingerprint density at radius 3 is 2.47 bits per heavy atom. The molecule has 0 spiro atoms. The van der Waals surface area contributed by atoms with Gasteiger partial charge in [0.15, 0.2) is 0 Å². The van der Waals surface area contributed by atoms with Crippen molar-refractivity contribution in [2.75, 3.05) is 7.11 Å². The van der Waals surface area contributed by atoms with Crippen molar-refractivity contribution in [3.8, 4) is 5.75 Å². The Morgan fingerprint density at radius 1 is 1.12 bits per heavy atom. The van der Waals surface area contributed by atoms with Gasteiger partial charge in [-0.05, 0) is 41.5 Å². The van der Waals surface area contributed by atoms with Gasteiger partial charge >= 0.3 is 0 Å². The Morgan fingerprint density at radius 2 is 1.82 bits per heavy atom. The van der Waals surface area contributed by atoms with E-state index >= 15 is 0 Å². The van der Waals surface area contributed by atoms with Crippen LogP contribution < -0.4 is 4.74 Å². The molecule has 3 heteroatoms. The molecule has 0 aliphatic heterocycles. The third-order valence-corrected chi connectivity index (χ3v) is 3.05. The normalized spacial score (nSPS) is 10.3. The Hall–Kier alpha value is -1.35. The lowest BCUT2D eigenvalue weighted by molar-refractivity contribution is 0.414. The Labute approximate surface area is 108 Å². The molecule has 1 nitrogen and oxygen atoms in total. The van der Waals surface area contributed by atoms with E-state index in [0.29, 0.717) is 12.0 Å². The highest BCUT2D eigenvalue weighted by atomic mass is 79.9. The first-order valence-corrected chi connectivity index (χ1v) is 6.05. The minimum atomic E-state index is -0.177. The van der Waals surface area contributed by atoms with Crippen LogP contribution in [0.3, 0.4) is 0 Å². The average Bonchev–Trinajstić information content (AvgIpc) is 2.35. The van der Waals surface area contributed by atoms with Crippen LogP contribution in [0, 0.1) is 5.82 Å². The van der Waals surface area contributed by atoms with Crippen LogP contribution in [0.5, 0.6) is 5.75 Å². The first kappa shape index (κ1) is 12.1. The molecule has 0 heterocycles. The van der Waals surface area contributed by atoms with E-state index in [1.54, 1.807) is 19.2 Å². The fourth-order valence-electron chi connectivity index (χ4n) is 1.64. The predicted octanol–water partition coefficient (Wildman–Crippen LogP) is 4.19. The number of hydrogen-bond donors (Lipinski definition) is 0. The average molecular weight is 295 g/mol. The molecule has 0 aliphatic rings. The molecule has 0 aliphatic carbocycles. The lowest BCUT2D eigenvalue weighted by atomic mass is 10.0. The molecule has 0 aromatic heterocycles. The van der Waals surface area contributed by atoms with Crippen molar-refractivity contribution in [2.24, 2.45) is 0 Å². The van der Waals surface area contributed by atoms with Crippen LogP contribution in [0.25, 0.3) is 0 Å². The first-order valence-electron chi connectivity index (χ1n) is 5.26. The van der Waals surface area contributed by atoms with Crippen molar-refractivity contribution >= 4 is 15.9 Å². The summed E-state index contributed by atoms with van der Waals surface area (Å²) in [6, 6.07) is 12.6. The zero-order chi connectivity index (χ0) is 12.3. The van der Waals surface area contributed by atoms with Gasteiger partial charge in [-0.15, -0.1) is 0 Å². The van der Waals surface area contributed by atoms with E-state index in [0.717, 1.165) is 15.8 Å². The third-order valence-electron chi connectivity index (χ3n) is 2.56. The standard InChI is InChI=1S/C14H12BrFO/c1-17-13-5-2-10(3-6-13)8-11-9-12(15)4-7-14(11)16/h2-7,9H,8H2,1H3. The SMILES string of the molecule is COc1ccc(Cc2cc(Br)ccc2F)cc1. The molecule has 0 radical (unpaired) electrons. The first-order chi connectivity index (χ1) is 8.19. The largest absolute Gasteiger partial charge is 0.497 e. The number of rotatable bonds is 3. The van der Waals surface area contributed by atoms with Crippen molar-refractivity contribution in [2.45, 2.75) is 6.42 Å². The minimum absolute atomic E-state index is 0.177. The van der Waals surface area contributed by atoms with E-state index in [1.807, 2.05) is 24.3 Å². The monoisotopic (exact) mass is 294 g/mol. The maximum Gasteiger partial charge on any atom is 0.126 e. The minimum Gasteiger partial charge on any atom is -0.497 e. The van der Waals surface area contributed by atoms with Gasteiger partial charge in [0.25, 0.3) is 0 Å². The fraction of sp³-hybridized carbons (Fsp3) is 0.143. The number of hydrogen-bond acceptors (Lipinski definition) is 1. The Kier molecular flexibility index (Phi) is 3.79. The van der Waals surface area contributed by atoms with Crippen molar-refractivity contribution in [3.63, 3.8) is 0 Å². The van der Waals surface area contributed by atoms with Gasteiger partial charge in [-0.3, -0.25) is 0 Å². The zero-order valence-electron chi connectivity index (χ0n) is 9.41. The van der Waals surface area contributed by atoms with Gasteiger partial charge in [-0.2, -0.15) is 0 Å². The summed E-state index contributed by atoms with van der Waals surface area (Å²) in [6.45, 7) is 0. The smallest absolute Gasteiger partial charge is 0.126 e. The maximum absolute atomic E-state index is 13.6. The van der Waals surface area contributed by atoms with E-state index in [4.69, 9.17) is 4.74 Å². The summed E-state index contributed by atoms with van der Waals surface area (Å²) in [6.07, 6.45) is 0.579. The lowest BCUT2D eigenvalue weighted by Gasteiger charge is -2.05. The number of methoxy groups -OCH3 is 1. The molecular weight excluding hydrogens is 283 g/mol. The predicted molar refractivity (Wildman–Crippen MR) is 69.9 cm³/mol. The van der Waals surface area contributed by atoms with Crippen molar-refractivity contribution in [1.82, 2.24) is 0 Å². The lowest BCUT2D eigenvalue weighted by Crippen LogP contribution is -1.93. The summed E-state index contributed by atoms with van der Waals surface area (Å²) in [4.78, 5) is 0. The molecule has 0 amide bonds. The summed E-state index contributed by atoms with van der Waals surface area (Å²) < 4.78 is 19.5. The van der Waals surface area contributed by atoms with Gasteiger partial charge in [0.05, 0.1) is 7.11 Å². The molecule has 2 aromatic carbocycles. The van der Waals surface area contributed by atoms with Gasteiger partial charge in [-0.1, -0.05) is 28.1 Å². The van der Waals surface area contributed by atoms with Crippen LogP contribution in [0.1, 0.15) is 11.1 Å². The molecule has 0 N–H and O–H groups in total. The molecule has 88 valence electrons. The van der Waals surface area contributed by atoms with E-state index < -0.39 is 0 Å². The molecule has 0 saturated carbocycles. The quantitative estimate of drug-likeness (QED) is 0.825. The van der Waals surface area contributed by atoms with E-state index in [1.165, 1.54) is 6.07 Å². The summed E-state index contributed by atoms with van der Waals surface area (Å²) in [5.41, 5.74) is 1.74. The summed E-state index contributed by atoms with van der Waals surface area (Å²) in [5.74, 6) is 0.632. The Balaban J connectivity index is 2.22. The number of ether oxygens (including phenoxy) is 1. The highest BCUT2D eigenvalue weighted by Gasteiger charge is 2.04. The van der Waals surface area contributed by atoms with Gasteiger partial charge in [-0.25, -0.2) is 4.39 Å². The van der Waals surface area contributed by atoms with E-state index in [2.05, 4.69) is 15.9 Å². The topological polar surface area (TPSA) is 9.23 Å². The Bertz CT molecular complexity index is 508. The fourth-order valence-corrected chi connectivity index (χ4v) is 2.05. The van der Waals surface area contributed by atoms with Crippen molar-refractivity contribution in [1.29, 1.82) is 0 Å². The molecule has 0 atom stereocenters. The molecule has 0 saturated heterocycles. The van der Waals surface area contributed by atoms with E-state index in [9.17, 15) is 4.39 Å². The van der Waals surface area contributed by atoms with Crippen molar-refractivity contribution < 1.29 is 9.13 Å². The number of benzene rings is 2. The molecule has 0 unspecified atom stereocenters. The van der Waals surface area contributed by atoms with Crippen LogP contribution in [0.2, 0.25) is 0 Å². The highest BCUT2D eigenvalue weighted by molar-refractivity contribution is 9.10. The van der Waals surface area contributed by atoms with Gasteiger partial charge in [0, 0.05) is 10.9 Å². The number of halogens is 2. The van der Waals surface area contributed by atoms with Gasteiger partial charge < -0.3 is 4.74 Å². The second-order valence-electron chi connectivity index (χ2n) is 3.76. The maximum atomic E-state index is 13.6. The summed E-state index contributed by atoms with van der Waals surface area (Å²) >= 11 is 3.35.